The molecule has 8 aromatic carbocycles. The van der Waals surface area contributed by atoms with Gasteiger partial charge < -0.3 is 0 Å². The summed E-state index contributed by atoms with van der Waals surface area (Å²) < 4.78 is 3.38. The lowest BCUT2D eigenvalue weighted by atomic mass is 9.76. The number of hydrogen-bond donors (Lipinski definition) is 0. The SMILES string of the molecule is CC(C)(C)c1ccc2c(c1)C(C)(C)c1cc(C(C)(C)C)cc(-c3cc4c(=O)n5c(=O)c6cc(-c7cc(C(C)(C)C)cc8c7-c7ccc(C(C)(C)C)cc7C8(C)C)c7ccccc7c6n5c4c4ccccc34)c1-2. The minimum Gasteiger partial charge on any atom is -0.267 e. The molecule has 4 heteroatoms. The van der Waals surface area contributed by atoms with E-state index in [2.05, 4.69) is 232 Å². The fourth-order valence-corrected chi connectivity index (χ4v) is 12.7. The molecule has 0 unspecified atom stereocenters. The third-order valence-corrected chi connectivity index (χ3v) is 17.1. The van der Waals surface area contributed by atoms with Crippen molar-refractivity contribution in [3.8, 4) is 44.5 Å². The van der Waals surface area contributed by atoms with Crippen LogP contribution in [0.1, 0.15) is 155 Å². The molecule has 0 N–H and O–H groups in total. The van der Waals surface area contributed by atoms with E-state index in [4.69, 9.17) is 0 Å². The molecule has 0 fully saturated rings. The highest BCUT2D eigenvalue weighted by Crippen LogP contribution is 2.57. The third kappa shape index (κ3) is 6.29. The molecule has 10 aromatic rings. The molecular formula is C68H68N2O2. The van der Waals surface area contributed by atoms with E-state index in [-0.39, 0.29) is 43.6 Å². The van der Waals surface area contributed by atoms with Gasteiger partial charge in [-0.3, -0.25) is 9.59 Å². The number of rotatable bonds is 2. The van der Waals surface area contributed by atoms with Crippen LogP contribution in [-0.4, -0.2) is 9.03 Å². The van der Waals surface area contributed by atoms with Crippen molar-refractivity contribution in [3.63, 3.8) is 0 Å². The fraction of sp³-hybridized carbons (Fsp3) is 0.324. The predicted octanol–water partition coefficient (Wildman–Crippen LogP) is 16.9. The molecule has 0 saturated carbocycles. The van der Waals surface area contributed by atoms with E-state index in [1.54, 1.807) is 0 Å². The molecule has 362 valence electrons. The molecule has 0 saturated heterocycles. The Balaban J connectivity index is 1.17. The van der Waals surface area contributed by atoms with Crippen LogP contribution in [0.5, 0.6) is 0 Å². The van der Waals surface area contributed by atoms with E-state index in [0.29, 0.717) is 10.8 Å². The van der Waals surface area contributed by atoms with Gasteiger partial charge in [0, 0.05) is 21.6 Å². The second-order valence-corrected chi connectivity index (χ2v) is 26.6. The Labute approximate surface area is 424 Å². The lowest BCUT2D eigenvalue weighted by molar-refractivity contribution is 0.579. The molecule has 2 aliphatic rings. The molecule has 0 atom stereocenters. The molecule has 2 aliphatic carbocycles. The molecule has 12 rings (SSSR count). The van der Waals surface area contributed by atoms with E-state index in [1.807, 2.05) is 4.52 Å². The Morgan fingerprint density at radius 3 is 1.00 bits per heavy atom. The zero-order valence-corrected chi connectivity index (χ0v) is 45.3. The van der Waals surface area contributed by atoms with Gasteiger partial charge in [0.25, 0.3) is 11.1 Å². The first-order valence-electron chi connectivity index (χ1n) is 26.1. The average molecular weight is 945 g/mol. The Morgan fingerprint density at radius 1 is 0.319 bits per heavy atom. The molecule has 0 bridgehead atoms. The fourth-order valence-electron chi connectivity index (χ4n) is 12.7. The quantitative estimate of drug-likeness (QED) is 0.173. The summed E-state index contributed by atoms with van der Waals surface area (Å²) in [5.41, 5.74) is 19.7. The normalized spacial score (nSPS) is 15.3. The molecule has 0 spiro atoms. The number of hydrogen-bond acceptors (Lipinski definition) is 2. The molecule has 2 aromatic heterocycles. The van der Waals surface area contributed by atoms with Crippen LogP contribution in [0, 0.1) is 0 Å². The second-order valence-electron chi connectivity index (χ2n) is 26.6. The molecule has 4 nitrogen and oxygen atoms in total. The smallest absolute Gasteiger partial charge is 0.267 e. The molecule has 0 aliphatic heterocycles. The maximum atomic E-state index is 15.4. The lowest BCUT2D eigenvalue weighted by Crippen LogP contribution is -2.21. The van der Waals surface area contributed by atoms with E-state index >= 15 is 9.59 Å². The van der Waals surface area contributed by atoms with Crippen LogP contribution in [0.25, 0.3) is 87.9 Å². The minimum atomic E-state index is -0.302. The number of fused-ring (bicyclic) bond motifs is 15. The number of aromatic nitrogens is 2. The summed E-state index contributed by atoms with van der Waals surface area (Å²) in [6.45, 7) is 36.9. The minimum absolute atomic E-state index is 0.000945. The van der Waals surface area contributed by atoms with Gasteiger partial charge in [0.1, 0.15) is 0 Å². The molecule has 72 heavy (non-hydrogen) atoms. The van der Waals surface area contributed by atoms with Crippen molar-refractivity contribution in [2.75, 3.05) is 0 Å². The van der Waals surface area contributed by atoms with Crippen molar-refractivity contribution in [1.29, 1.82) is 0 Å². The van der Waals surface area contributed by atoms with Gasteiger partial charge in [0.2, 0.25) is 0 Å². The van der Waals surface area contributed by atoms with Gasteiger partial charge in [-0.05, 0) is 146 Å². The summed E-state index contributed by atoms with van der Waals surface area (Å²) in [5, 5.41) is 5.04. The van der Waals surface area contributed by atoms with Crippen LogP contribution in [-0.2, 0) is 32.5 Å². The van der Waals surface area contributed by atoms with Crippen molar-refractivity contribution < 1.29 is 0 Å². The summed E-state index contributed by atoms with van der Waals surface area (Å²) in [4.78, 5) is 30.9. The third-order valence-electron chi connectivity index (χ3n) is 17.1. The lowest BCUT2D eigenvalue weighted by Gasteiger charge is -2.27. The highest BCUT2D eigenvalue weighted by Gasteiger charge is 2.42. The van der Waals surface area contributed by atoms with Crippen molar-refractivity contribution >= 4 is 43.4 Å². The Bertz CT molecular complexity index is 3890. The van der Waals surface area contributed by atoms with Crippen LogP contribution in [0.4, 0.5) is 0 Å². The van der Waals surface area contributed by atoms with E-state index in [9.17, 15) is 0 Å². The maximum absolute atomic E-state index is 15.4. The van der Waals surface area contributed by atoms with Crippen molar-refractivity contribution in [1.82, 2.24) is 9.03 Å². The van der Waals surface area contributed by atoms with Crippen LogP contribution in [0.15, 0.2) is 131 Å². The van der Waals surface area contributed by atoms with Crippen molar-refractivity contribution in [3.05, 3.63) is 187 Å². The van der Waals surface area contributed by atoms with E-state index < -0.39 is 0 Å². The molecular weight excluding hydrogens is 877 g/mol. The van der Waals surface area contributed by atoms with Gasteiger partial charge in [0.15, 0.2) is 0 Å². The van der Waals surface area contributed by atoms with E-state index in [1.165, 1.54) is 71.3 Å². The Hall–Kier alpha value is -6.78. The largest absolute Gasteiger partial charge is 0.282 e. The van der Waals surface area contributed by atoms with Gasteiger partial charge >= 0.3 is 0 Å². The maximum Gasteiger partial charge on any atom is 0.282 e. The molecule has 0 amide bonds. The Kier molecular flexibility index (Phi) is 9.30. The first-order valence-corrected chi connectivity index (χ1v) is 26.1. The first kappa shape index (κ1) is 46.3. The van der Waals surface area contributed by atoms with Gasteiger partial charge in [-0.25, -0.2) is 4.52 Å². The molecule has 0 radical (unpaired) electrons. The summed E-state index contributed by atoms with van der Waals surface area (Å²) in [6.07, 6.45) is 0. The van der Waals surface area contributed by atoms with Gasteiger partial charge in [-0.2, -0.15) is 4.52 Å². The average Bonchev–Trinajstić information content (AvgIpc) is 3.94. The monoisotopic (exact) mass is 945 g/mol. The van der Waals surface area contributed by atoms with Crippen LogP contribution >= 0.6 is 0 Å². The van der Waals surface area contributed by atoms with Crippen LogP contribution in [0.3, 0.4) is 0 Å². The summed E-state index contributed by atoms with van der Waals surface area (Å²) >= 11 is 0. The number of benzene rings is 8. The van der Waals surface area contributed by atoms with Gasteiger partial charge in [0.05, 0.1) is 21.8 Å². The first-order chi connectivity index (χ1) is 33.6. The summed E-state index contributed by atoms with van der Waals surface area (Å²) in [7, 11) is 0. The zero-order valence-electron chi connectivity index (χ0n) is 45.3. The zero-order chi connectivity index (χ0) is 51.3. The highest BCUT2D eigenvalue weighted by atomic mass is 16.2. The van der Waals surface area contributed by atoms with Gasteiger partial charge in [-0.1, -0.05) is 208 Å². The van der Waals surface area contributed by atoms with Crippen LogP contribution in [0.2, 0.25) is 0 Å². The molecule has 2 heterocycles. The summed E-state index contributed by atoms with van der Waals surface area (Å²) in [5.74, 6) is 0. The van der Waals surface area contributed by atoms with Crippen molar-refractivity contribution in [2.45, 2.75) is 143 Å². The predicted molar refractivity (Wildman–Crippen MR) is 305 cm³/mol. The van der Waals surface area contributed by atoms with Crippen LogP contribution < -0.4 is 11.1 Å². The standard InChI is InChI=1S/C68H68N2O2/c1-63(2,3)37-25-27-45-53(31-37)67(13,14)55-33-39(65(7,8)9)29-49(57(45)55)47-35-51-59(43-23-19-17-21-41(43)47)69-60-44-24-20-18-22-42(44)48(36-52(60)62(72)70(69)61(51)71)50-30-40(66(10,11)12)34-56-58(50)46-28-26-38(64(4,5)6)32-54(46)68(56,15)16/h17-36H,1-16H3. The Morgan fingerprint density at radius 2 is 0.653 bits per heavy atom. The second kappa shape index (κ2) is 14.5. The topological polar surface area (TPSA) is 43.0 Å². The van der Waals surface area contributed by atoms with E-state index in [0.717, 1.165) is 54.8 Å². The van der Waals surface area contributed by atoms with Gasteiger partial charge in [-0.15, -0.1) is 0 Å². The number of nitrogens with zero attached hydrogens (tertiary/aromatic N) is 2. The highest BCUT2D eigenvalue weighted by molar-refractivity contribution is 6.19. The van der Waals surface area contributed by atoms with Crippen molar-refractivity contribution in [2.24, 2.45) is 0 Å². The summed E-state index contributed by atoms with van der Waals surface area (Å²) in [6, 6.07) is 44.9.